The summed E-state index contributed by atoms with van der Waals surface area (Å²) in [6, 6.07) is 8.03. The number of hydrogen-bond donors (Lipinski definition) is 1. The van der Waals surface area contributed by atoms with Crippen LogP contribution in [-0.4, -0.2) is 31.8 Å². The molecule has 1 atom stereocenters. The van der Waals surface area contributed by atoms with Gasteiger partial charge in [-0.1, -0.05) is 24.6 Å². The van der Waals surface area contributed by atoms with Crippen molar-refractivity contribution in [2.75, 3.05) is 20.3 Å². The molecule has 0 aliphatic heterocycles. The smallest absolute Gasteiger partial charge is 0.325 e. The number of benzene rings is 1. The van der Waals surface area contributed by atoms with Crippen molar-refractivity contribution in [2.24, 2.45) is 0 Å². The molecule has 21 heavy (non-hydrogen) atoms. The molecule has 118 valence electrons. The number of methoxy groups -OCH3 is 1. The van der Waals surface area contributed by atoms with Gasteiger partial charge < -0.3 is 14.8 Å². The van der Waals surface area contributed by atoms with E-state index in [9.17, 15) is 4.79 Å². The summed E-state index contributed by atoms with van der Waals surface area (Å²) in [4.78, 5) is 11.8. The van der Waals surface area contributed by atoms with Crippen LogP contribution < -0.4 is 10.1 Å². The molecule has 4 nitrogen and oxygen atoms in total. The maximum atomic E-state index is 11.8. The van der Waals surface area contributed by atoms with Gasteiger partial charge in [0.15, 0.2) is 0 Å². The van der Waals surface area contributed by atoms with E-state index in [0.29, 0.717) is 6.61 Å². The van der Waals surface area contributed by atoms with Gasteiger partial charge in [0, 0.05) is 0 Å². The van der Waals surface area contributed by atoms with Crippen molar-refractivity contribution >= 4 is 5.97 Å². The molecule has 1 aromatic rings. The van der Waals surface area contributed by atoms with Crippen LogP contribution in [0.25, 0.3) is 0 Å². The van der Waals surface area contributed by atoms with Crippen molar-refractivity contribution in [3.8, 4) is 5.75 Å². The summed E-state index contributed by atoms with van der Waals surface area (Å²) in [5, 5.41) is 3.21. The van der Waals surface area contributed by atoms with E-state index in [2.05, 4.69) is 12.2 Å². The molecule has 4 heteroatoms. The maximum absolute atomic E-state index is 11.8. The molecule has 0 amide bonds. The molecular weight excluding hydrogens is 266 g/mol. The van der Waals surface area contributed by atoms with E-state index < -0.39 is 5.54 Å². The van der Waals surface area contributed by atoms with Gasteiger partial charge in [0.1, 0.15) is 11.3 Å². The van der Waals surface area contributed by atoms with Crippen LogP contribution in [0.5, 0.6) is 5.75 Å². The van der Waals surface area contributed by atoms with E-state index in [1.807, 2.05) is 38.1 Å². The molecule has 0 saturated carbocycles. The van der Waals surface area contributed by atoms with E-state index in [1.54, 1.807) is 0 Å². The summed E-state index contributed by atoms with van der Waals surface area (Å²) in [6.45, 7) is 7.33. The van der Waals surface area contributed by atoms with Crippen molar-refractivity contribution in [2.45, 2.75) is 45.6 Å². The number of rotatable bonds is 9. The van der Waals surface area contributed by atoms with Crippen LogP contribution >= 0.6 is 0 Å². The van der Waals surface area contributed by atoms with E-state index in [0.717, 1.165) is 31.6 Å². The molecule has 0 heterocycles. The molecule has 0 fully saturated rings. The first kappa shape index (κ1) is 17.5. The quantitative estimate of drug-likeness (QED) is 0.561. The largest absolute Gasteiger partial charge is 0.494 e. The van der Waals surface area contributed by atoms with Gasteiger partial charge >= 0.3 is 5.97 Å². The minimum absolute atomic E-state index is 0.205. The molecule has 0 aliphatic carbocycles. The molecule has 0 aliphatic rings. The van der Waals surface area contributed by atoms with Crippen LogP contribution in [-0.2, 0) is 9.53 Å². The normalized spacial score (nSPS) is 13.5. The molecule has 0 aromatic heterocycles. The van der Waals surface area contributed by atoms with Gasteiger partial charge in [-0.15, -0.1) is 0 Å². The molecular formula is C17H27NO3. The summed E-state index contributed by atoms with van der Waals surface area (Å²) >= 11 is 0. The van der Waals surface area contributed by atoms with Crippen LogP contribution in [0.1, 0.15) is 38.7 Å². The fourth-order valence-electron chi connectivity index (χ4n) is 2.28. The van der Waals surface area contributed by atoms with Gasteiger partial charge in [-0.25, -0.2) is 0 Å². The molecule has 0 saturated heterocycles. The highest BCUT2D eigenvalue weighted by atomic mass is 16.5. The van der Waals surface area contributed by atoms with Crippen molar-refractivity contribution < 1.29 is 14.3 Å². The Balaban J connectivity index is 2.31. The predicted molar refractivity (Wildman–Crippen MR) is 84.6 cm³/mol. The molecule has 1 unspecified atom stereocenters. The summed E-state index contributed by atoms with van der Waals surface area (Å²) in [6.07, 6.45) is 2.56. The first-order chi connectivity index (χ1) is 10.0. The number of likely N-dealkylation sites (N-methyl/N-ethyl adjacent to an activating group) is 1. The van der Waals surface area contributed by atoms with E-state index >= 15 is 0 Å². The number of aryl methyl sites for hydroxylation is 1. The van der Waals surface area contributed by atoms with Crippen molar-refractivity contribution in [3.05, 3.63) is 29.8 Å². The minimum atomic E-state index is -0.604. The zero-order chi connectivity index (χ0) is 15.7. The first-order valence-corrected chi connectivity index (χ1v) is 7.54. The molecule has 0 radical (unpaired) electrons. The third-order valence-electron chi connectivity index (χ3n) is 3.56. The summed E-state index contributed by atoms with van der Waals surface area (Å²) in [5.74, 6) is 0.687. The second-order valence-corrected chi connectivity index (χ2v) is 5.47. The number of unbranched alkanes of at least 4 members (excludes halogenated alkanes) is 1. The van der Waals surface area contributed by atoms with Crippen LogP contribution in [0.4, 0.5) is 0 Å². The third kappa shape index (κ3) is 5.76. The number of ether oxygens (including phenoxy) is 2. The Kier molecular flexibility index (Phi) is 7.23. The summed E-state index contributed by atoms with van der Waals surface area (Å²) in [5.41, 5.74) is 0.620. The van der Waals surface area contributed by atoms with Crippen LogP contribution in [0.3, 0.4) is 0 Å². The topological polar surface area (TPSA) is 47.6 Å². The van der Waals surface area contributed by atoms with Gasteiger partial charge in [-0.2, -0.15) is 0 Å². The Hall–Kier alpha value is -1.55. The maximum Gasteiger partial charge on any atom is 0.325 e. The Morgan fingerprint density at radius 3 is 2.48 bits per heavy atom. The Labute approximate surface area is 127 Å². The Morgan fingerprint density at radius 1 is 1.24 bits per heavy atom. The van der Waals surface area contributed by atoms with E-state index in [4.69, 9.17) is 9.47 Å². The van der Waals surface area contributed by atoms with Crippen LogP contribution in [0.2, 0.25) is 0 Å². The van der Waals surface area contributed by atoms with Crippen molar-refractivity contribution in [1.82, 2.24) is 5.32 Å². The van der Waals surface area contributed by atoms with Gasteiger partial charge in [-0.05, 0) is 51.8 Å². The fourth-order valence-corrected chi connectivity index (χ4v) is 2.28. The third-order valence-corrected chi connectivity index (χ3v) is 3.56. The Bertz CT molecular complexity index is 430. The number of carbonyl (C=O) groups excluding carboxylic acids is 1. The second kappa shape index (κ2) is 8.67. The first-order valence-electron chi connectivity index (χ1n) is 7.54. The van der Waals surface area contributed by atoms with Crippen molar-refractivity contribution in [1.29, 1.82) is 0 Å². The average molecular weight is 293 g/mol. The monoisotopic (exact) mass is 293 g/mol. The lowest BCUT2D eigenvalue weighted by atomic mass is 9.95. The van der Waals surface area contributed by atoms with Gasteiger partial charge in [0.05, 0.1) is 13.7 Å². The van der Waals surface area contributed by atoms with Gasteiger partial charge in [-0.3, -0.25) is 4.79 Å². The average Bonchev–Trinajstić information content (AvgIpc) is 2.48. The lowest BCUT2D eigenvalue weighted by molar-refractivity contribution is -0.148. The summed E-state index contributed by atoms with van der Waals surface area (Å²) < 4.78 is 10.6. The van der Waals surface area contributed by atoms with Crippen LogP contribution in [0.15, 0.2) is 24.3 Å². The number of nitrogens with one attached hydrogen (secondary N) is 1. The number of carbonyl (C=O) groups is 1. The highest BCUT2D eigenvalue weighted by molar-refractivity contribution is 5.80. The molecule has 1 rings (SSSR count). The molecule has 1 N–H and O–H groups in total. The lowest BCUT2D eigenvalue weighted by Gasteiger charge is -2.27. The predicted octanol–water partition coefficient (Wildman–Crippen LogP) is 3.09. The van der Waals surface area contributed by atoms with E-state index in [-0.39, 0.29) is 5.97 Å². The van der Waals surface area contributed by atoms with Crippen molar-refractivity contribution in [3.63, 3.8) is 0 Å². The molecule has 1 aromatic carbocycles. The second-order valence-electron chi connectivity index (χ2n) is 5.47. The lowest BCUT2D eigenvalue weighted by Crippen LogP contribution is -2.50. The summed E-state index contributed by atoms with van der Waals surface area (Å²) in [7, 11) is 1.43. The SMILES string of the molecule is CCNC(C)(CCCCOc1ccc(C)cc1)C(=O)OC. The highest BCUT2D eigenvalue weighted by Gasteiger charge is 2.32. The zero-order valence-corrected chi connectivity index (χ0v) is 13.6. The van der Waals surface area contributed by atoms with Gasteiger partial charge in [0.25, 0.3) is 0 Å². The standard InChI is InChI=1S/C17H27NO3/c1-5-18-17(3,16(19)20-4)12-6-7-13-21-15-10-8-14(2)9-11-15/h8-11,18H,5-7,12-13H2,1-4H3. The molecule has 0 spiro atoms. The fraction of sp³-hybridized carbons (Fsp3) is 0.588. The Morgan fingerprint density at radius 2 is 1.90 bits per heavy atom. The highest BCUT2D eigenvalue weighted by Crippen LogP contribution is 2.17. The zero-order valence-electron chi connectivity index (χ0n) is 13.6. The molecule has 0 bridgehead atoms. The van der Waals surface area contributed by atoms with E-state index in [1.165, 1.54) is 12.7 Å². The number of hydrogen-bond acceptors (Lipinski definition) is 4. The van der Waals surface area contributed by atoms with Crippen LogP contribution in [0, 0.1) is 6.92 Å². The van der Waals surface area contributed by atoms with Gasteiger partial charge in [0.2, 0.25) is 0 Å². The minimum Gasteiger partial charge on any atom is -0.494 e. The number of esters is 1.